The molecule has 3 heterocycles. The molecule has 1 aliphatic heterocycles. The second-order valence-corrected chi connectivity index (χ2v) is 18.2. The molecule has 246 valence electrons. The Bertz CT molecular complexity index is 1750. The number of hydrogen-bond acceptors (Lipinski definition) is 9. The van der Waals surface area contributed by atoms with E-state index in [4.69, 9.17) is 24.4 Å². The third-order valence-corrected chi connectivity index (χ3v) is 14.0. The van der Waals surface area contributed by atoms with E-state index in [9.17, 15) is 5.11 Å². The molecule has 0 radical (unpaired) electrons. The molecule has 1 saturated heterocycles. The molecule has 0 spiro atoms. The topological polar surface area (TPSA) is 127 Å². The molecule has 0 unspecified atom stereocenters. The number of rotatable bonds is 10. The van der Waals surface area contributed by atoms with E-state index in [0.29, 0.717) is 11.2 Å². The Balaban J connectivity index is 1.42. The highest BCUT2D eigenvalue weighted by Crippen LogP contribution is 2.45. The fourth-order valence-electron chi connectivity index (χ4n) is 5.91. The van der Waals surface area contributed by atoms with Gasteiger partial charge in [0, 0.05) is 0 Å². The molecule has 0 aliphatic carbocycles. The second-order valence-electron chi connectivity index (χ2n) is 13.4. The van der Waals surface area contributed by atoms with E-state index in [1.54, 1.807) is 18.0 Å². The van der Waals surface area contributed by atoms with Crippen LogP contribution in [0.5, 0.6) is 5.75 Å². The van der Waals surface area contributed by atoms with Crippen molar-refractivity contribution in [3.05, 3.63) is 114 Å². The molecule has 0 bridgehead atoms. The van der Waals surface area contributed by atoms with Gasteiger partial charge in [-0.25, -0.2) is 15.0 Å². The van der Waals surface area contributed by atoms with Crippen molar-refractivity contribution in [2.24, 2.45) is 0 Å². The van der Waals surface area contributed by atoms with Crippen molar-refractivity contribution in [1.29, 1.82) is 0 Å². The number of nitrogens with zero attached hydrogens (tertiary/aromatic N) is 4. The lowest BCUT2D eigenvalue weighted by Gasteiger charge is -2.40. The van der Waals surface area contributed by atoms with Crippen LogP contribution in [0.3, 0.4) is 0 Å². The lowest BCUT2D eigenvalue weighted by atomic mass is 9.80. The van der Waals surface area contributed by atoms with Gasteiger partial charge in [0.05, 0.1) is 20.0 Å². The number of anilines is 1. The van der Waals surface area contributed by atoms with Gasteiger partial charge in [0.2, 0.25) is 0 Å². The molecule has 1 fully saturated rings. The van der Waals surface area contributed by atoms with Crippen LogP contribution >= 0.6 is 0 Å². The van der Waals surface area contributed by atoms with E-state index >= 15 is 0 Å². The van der Waals surface area contributed by atoms with Gasteiger partial charge in [-0.1, -0.05) is 93.6 Å². The minimum Gasteiger partial charge on any atom is -0.497 e. The Labute approximate surface area is 276 Å². The molecule has 6 rings (SSSR count). The summed E-state index contributed by atoms with van der Waals surface area (Å²) < 4.78 is 28.0. The lowest BCUT2D eigenvalue weighted by Crippen LogP contribution is -2.49. The van der Waals surface area contributed by atoms with Crippen molar-refractivity contribution in [1.82, 2.24) is 19.5 Å². The SMILES string of the molecule is COc1ccc(C(OC[C@H]2O[C@@H](n3cnc4c(N)ncnc43)[C@H](O[Si](C)(C)C(C)(C)C)[C@H]2O)(c2ccccc2)c2ccccc2)cc1. The first-order valence-electron chi connectivity index (χ1n) is 15.8. The Morgan fingerprint density at radius 1 is 0.872 bits per heavy atom. The molecule has 4 atom stereocenters. The summed E-state index contributed by atoms with van der Waals surface area (Å²) >= 11 is 0. The molecule has 2 aromatic heterocycles. The minimum absolute atomic E-state index is 0.0502. The van der Waals surface area contributed by atoms with Crippen LogP contribution in [0.2, 0.25) is 18.1 Å². The monoisotopic (exact) mass is 653 g/mol. The van der Waals surface area contributed by atoms with Gasteiger partial charge in [0.15, 0.2) is 26.0 Å². The maximum atomic E-state index is 12.0. The number of hydrogen-bond donors (Lipinski definition) is 2. The standard InChI is InChI=1S/C36H43N5O5Si/c1-35(2,3)47(5,6)46-31-30(42)28(45-34(31)41-23-40-29-32(37)38-22-39-33(29)41)21-44-36(24-13-9-7-10-14-24,25-15-11-8-12-16-25)26-17-19-27(43-4)20-18-26/h7-20,22-23,28,30-31,34,42H,21H2,1-6H3,(H2,37,38,39)/t28-,30+,31-,34-/m1/s1. The lowest BCUT2D eigenvalue weighted by molar-refractivity contribution is -0.0940. The van der Waals surface area contributed by atoms with Gasteiger partial charge in [-0.3, -0.25) is 4.57 Å². The first-order valence-corrected chi connectivity index (χ1v) is 18.7. The van der Waals surface area contributed by atoms with Crippen LogP contribution in [-0.2, 0) is 19.5 Å². The van der Waals surface area contributed by atoms with Gasteiger partial charge in [0.25, 0.3) is 0 Å². The van der Waals surface area contributed by atoms with E-state index < -0.39 is 38.5 Å². The molecule has 3 aromatic carbocycles. The van der Waals surface area contributed by atoms with Crippen LogP contribution in [0, 0.1) is 0 Å². The highest BCUT2D eigenvalue weighted by Gasteiger charge is 2.52. The Kier molecular flexibility index (Phi) is 8.94. The maximum Gasteiger partial charge on any atom is 0.192 e. The van der Waals surface area contributed by atoms with Crippen LogP contribution in [0.4, 0.5) is 5.82 Å². The fourth-order valence-corrected chi connectivity index (χ4v) is 7.20. The Morgan fingerprint density at radius 2 is 1.47 bits per heavy atom. The average molecular weight is 654 g/mol. The summed E-state index contributed by atoms with van der Waals surface area (Å²) in [5.41, 5.74) is 8.83. The number of fused-ring (bicyclic) bond motifs is 1. The quantitative estimate of drug-likeness (QED) is 0.136. The summed E-state index contributed by atoms with van der Waals surface area (Å²) in [5.74, 6) is 1.01. The molecular weight excluding hydrogens is 611 g/mol. The van der Waals surface area contributed by atoms with E-state index in [-0.39, 0.29) is 17.5 Å². The highest BCUT2D eigenvalue weighted by atomic mass is 28.4. The zero-order chi connectivity index (χ0) is 33.4. The maximum absolute atomic E-state index is 12.0. The van der Waals surface area contributed by atoms with Gasteiger partial charge in [0.1, 0.15) is 41.5 Å². The van der Waals surface area contributed by atoms with Crippen molar-refractivity contribution in [3.8, 4) is 5.75 Å². The van der Waals surface area contributed by atoms with Gasteiger partial charge in [-0.15, -0.1) is 0 Å². The zero-order valence-electron chi connectivity index (χ0n) is 27.7. The van der Waals surface area contributed by atoms with Crippen LogP contribution < -0.4 is 10.5 Å². The molecule has 3 N–H and O–H groups in total. The van der Waals surface area contributed by atoms with E-state index in [1.807, 2.05) is 60.7 Å². The van der Waals surface area contributed by atoms with Crippen molar-refractivity contribution in [2.45, 2.75) is 69.0 Å². The molecular formula is C36H43N5O5Si. The Hall–Kier alpha value is -4.13. The molecule has 5 aromatic rings. The molecule has 47 heavy (non-hydrogen) atoms. The van der Waals surface area contributed by atoms with E-state index in [1.165, 1.54) is 6.33 Å². The van der Waals surface area contributed by atoms with Gasteiger partial charge in [-0.2, -0.15) is 0 Å². The molecule has 0 amide bonds. The number of benzene rings is 3. The average Bonchev–Trinajstić information content (AvgIpc) is 3.63. The van der Waals surface area contributed by atoms with Crippen molar-refractivity contribution in [2.75, 3.05) is 19.5 Å². The Morgan fingerprint density at radius 3 is 2.04 bits per heavy atom. The first-order chi connectivity index (χ1) is 22.5. The number of ether oxygens (including phenoxy) is 3. The van der Waals surface area contributed by atoms with Gasteiger partial charge < -0.3 is 29.5 Å². The summed E-state index contributed by atoms with van der Waals surface area (Å²) in [6, 6.07) is 28.0. The van der Waals surface area contributed by atoms with E-state index in [0.717, 1.165) is 22.4 Å². The van der Waals surface area contributed by atoms with Crippen LogP contribution in [-0.4, -0.2) is 65.0 Å². The summed E-state index contributed by atoms with van der Waals surface area (Å²) in [5, 5.41) is 11.9. The van der Waals surface area contributed by atoms with Crippen LogP contribution in [0.15, 0.2) is 97.6 Å². The van der Waals surface area contributed by atoms with Crippen LogP contribution in [0.1, 0.15) is 43.7 Å². The van der Waals surface area contributed by atoms with Crippen molar-refractivity contribution >= 4 is 25.3 Å². The smallest absolute Gasteiger partial charge is 0.192 e. The minimum atomic E-state index is -2.38. The predicted octanol–water partition coefficient (Wildman–Crippen LogP) is 6.07. The van der Waals surface area contributed by atoms with Gasteiger partial charge in [-0.05, 0) is 47.0 Å². The van der Waals surface area contributed by atoms with E-state index in [2.05, 4.69) is 73.1 Å². The number of imidazole rings is 1. The highest BCUT2D eigenvalue weighted by molar-refractivity contribution is 6.74. The van der Waals surface area contributed by atoms with Crippen molar-refractivity contribution < 1.29 is 23.7 Å². The number of nitrogens with two attached hydrogens (primary N) is 1. The molecule has 11 heteroatoms. The van der Waals surface area contributed by atoms with Gasteiger partial charge >= 0.3 is 0 Å². The fraction of sp³-hybridized carbons (Fsp3) is 0.361. The number of aliphatic hydroxyl groups excluding tert-OH is 1. The third kappa shape index (κ3) is 6.05. The second kappa shape index (κ2) is 12.8. The number of aromatic nitrogens is 4. The number of methoxy groups -OCH3 is 1. The zero-order valence-corrected chi connectivity index (χ0v) is 28.7. The summed E-state index contributed by atoms with van der Waals surface area (Å²) in [6.45, 7) is 10.9. The summed E-state index contributed by atoms with van der Waals surface area (Å²) in [6.07, 6.45) is -0.220. The largest absolute Gasteiger partial charge is 0.497 e. The molecule has 0 saturated carbocycles. The summed E-state index contributed by atoms with van der Waals surface area (Å²) in [7, 11) is -0.737. The summed E-state index contributed by atoms with van der Waals surface area (Å²) in [4.78, 5) is 13.0. The van der Waals surface area contributed by atoms with Crippen molar-refractivity contribution in [3.63, 3.8) is 0 Å². The van der Waals surface area contributed by atoms with Crippen LogP contribution in [0.25, 0.3) is 11.2 Å². The third-order valence-electron chi connectivity index (χ3n) is 9.53. The normalized spacial score (nSPS) is 20.5. The molecule has 10 nitrogen and oxygen atoms in total. The number of nitrogen functional groups attached to an aromatic ring is 1. The predicted molar refractivity (Wildman–Crippen MR) is 183 cm³/mol. The molecule has 1 aliphatic rings. The number of aliphatic hydroxyl groups is 1. The first kappa shape index (κ1) is 32.8.